The van der Waals surface area contributed by atoms with Crippen LogP contribution in [0.3, 0.4) is 0 Å². The maximum absolute atomic E-state index is 10.5. The largest absolute Gasteiger partial charge is 0.480 e. The Labute approximate surface area is 115 Å². The maximum Gasteiger partial charge on any atom is 0.238 e. The molecule has 0 saturated heterocycles. The zero-order chi connectivity index (χ0) is 13.2. The number of nitrogens with zero attached hydrogens (tertiary/aromatic N) is 2. The van der Waals surface area contributed by atoms with E-state index in [4.69, 9.17) is 4.74 Å². The van der Waals surface area contributed by atoms with E-state index in [1.165, 1.54) is 17.6 Å². The van der Waals surface area contributed by atoms with Crippen molar-refractivity contribution in [3.63, 3.8) is 0 Å². The molecule has 0 saturated carbocycles. The highest BCUT2D eigenvalue weighted by Crippen LogP contribution is 2.43. The van der Waals surface area contributed by atoms with Crippen LogP contribution in [0, 0.1) is 0 Å². The van der Waals surface area contributed by atoms with E-state index in [1.807, 2.05) is 12.1 Å². The van der Waals surface area contributed by atoms with Crippen LogP contribution in [0.15, 0.2) is 41.6 Å². The summed E-state index contributed by atoms with van der Waals surface area (Å²) in [5.41, 5.74) is 1.79. The molecule has 0 amide bonds. The van der Waals surface area contributed by atoms with Gasteiger partial charge in [-0.1, -0.05) is 18.2 Å². The van der Waals surface area contributed by atoms with Crippen LogP contribution in [0.25, 0.3) is 0 Å². The Kier molecular flexibility index (Phi) is 3.40. The van der Waals surface area contributed by atoms with Crippen molar-refractivity contribution in [1.82, 2.24) is 9.97 Å². The molecule has 2 atom stereocenters. The number of benzene rings is 1. The second-order valence-corrected chi connectivity index (χ2v) is 5.64. The summed E-state index contributed by atoms with van der Waals surface area (Å²) in [4.78, 5) is 9.52. The summed E-state index contributed by atoms with van der Waals surface area (Å²) < 4.78 is 5.16. The van der Waals surface area contributed by atoms with E-state index in [-0.39, 0.29) is 5.25 Å². The van der Waals surface area contributed by atoms with Crippen LogP contribution in [0.4, 0.5) is 0 Å². The van der Waals surface area contributed by atoms with E-state index in [2.05, 4.69) is 22.1 Å². The summed E-state index contributed by atoms with van der Waals surface area (Å²) in [6.07, 6.45) is 3.29. The zero-order valence-electron chi connectivity index (χ0n) is 10.5. The van der Waals surface area contributed by atoms with Gasteiger partial charge in [0.25, 0.3) is 0 Å². The van der Waals surface area contributed by atoms with Gasteiger partial charge < -0.3 is 9.84 Å². The number of ether oxygens (including phenoxy) is 1. The van der Waals surface area contributed by atoms with E-state index < -0.39 is 6.10 Å². The first kappa shape index (κ1) is 12.4. The van der Waals surface area contributed by atoms with Crippen molar-refractivity contribution in [3.05, 3.63) is 47.9 Å². The van der Waals surface area contributed by atoms with Gasteiger partial charge in [0.15, 0.2) is 0 Å². The van der Waals surface area contributed by atoms with Gasteiger partial charge in [-0.05, 0) is 18.1 Å². The summed E-state index contributed by atoms with van der Waals surface area (Å²) in [6, 6.07) is 8.23. The quantitative estimate of drug-likeness (QED) is 0.930. The van der Waals surface area contributed by atoms with Crippen molar-refractivity contribution in [2.24, 2.45) is 0 Å². The van der Waals surface area contributed by atoms with E-state index in [9.17, 15) is 5.11 Å². The Morgan fingerprint density at radius 3 is 2.89 bits per heavy atom. The van der Waals surface area contributed by atoms with Crippen LogP contribution in [0.1, 0.15) is 17.4 Å². The van der Waals surface area contributed by atoms with Gasteiger partial charge in [-0.3, -0.25) is 4.98 Å². The second-order valence-electron chi connectivity index (χ2n) is 4.36. The molecule has 0 fully saturated rings. The van der Waals surface area contributed by atoms with Crippen molar-refractivity contribution in [2.75, 3.05) is 7.11 Å². The van der Waals surface area contributed by atoms with E-state index in [0.717, 1.165) is 6.42 Å². The molecule has 0 aliphatic carbocycles. The highest BCUT2D eigenvalue weighted by Gasteiger charge is 2.31. The lowest BCUT2D eigenvalue weighted by molar-refractivity contribution is 0.164. The fraction of sp³-hybridized carbons (Fsp3) is 0.286. The van der Waals surface area contributed by atoms with Crippen molar-refractivity contribution in [2.45, 2.75) is 22.7 Å². The fourth-order valence-electron chi connectivity index (χ4n) is 2.26. The van der Waals surface area contributed by atoms with Crippen molar-refractivity contribution in [1.29, 1.82) is 0 Å². The summed E-state index contributed by atoms with van der Waals surface area (Å²) in [7, 11) is 1.54. The van der Waals surface area contributed by atoms with Crippen LogP contribution >= 0.6 is 11.8 Å². The van der Waals surface area contributed by atoms with Gasteiger partial charge in [-0.25, -0.2) is 4.98 Å². The van der Waals surface area contributed by atoms with Crippen LogP contribution < -0.4 is 4.74 Å². The Balaban J connectivity index is 1.85. The molecule has 98 valence electrons. The lowest BCUT2D eigenvalue weighted by atomic mass is 10.0. The van der Waals surface area contributed by atoms with Gasteiger partial charge in [0.05, 0.1) is 7.11 Å². The molecular weight excluding hydrogens is 260 g/mol. The van der Waals surface area contributed by atoms with Gasteiger partial charge in [-0.2, -0.15) is 0 Å². The van der Waals surface area contributed by atoms with Crippen LogP contribution in [0.5, 0.6) is 5.88 Å². The number of aliphatic hydroxyl groups is 1. The monoisotopic (exact) mass is 274 g/mol. The molecular formula is C14H14N2O2S. The average molecular weight is 274 g/mol. The van der Waals surface area contributed by atoms with Gasteiger partial charge in [0.1, 0.15) is 11.8 Å². The highest BCUT2D eigenvalue weighted by atomic mass is 32.2. The number of hydrogen-bond donors (Lipinski definition) is 1. The molecule has 4 nitrogen and oxygen atoms in total. The number of fused-ring (bicyclic) bond motifs is 1. The predicted octanol–water partition coefficient (Wildman–Crippen LogP) is 2.24. The SMILES string of the molecule is COc1nccnc1C(O)C1Cc2ccccc2S1. The minimum atomic E-state index is -0.680. The maximum atomic E-state index is 10.5. The molecule has 5 heteroatoms. The molecule has 2 aromatic rings. The average Bonchev–Trinajstić information content (AvgIpc) is 2.90. The van der Waals surface area contributed by atoms with Crippen molar-refractivity contribution >= 4 is 11.8 Å². The molecule has 1 aliphatic heterocycles. The van der Waals surface area contributed by atoms with Crippen molar-refractivity contribution in [3.8, 4) is 5.88 Å². The van der Waals surface area contributed by atoms with Crippen LogP contribution in [0.2, 0.25) is 0 Å². The van der Waals surface area contributed by atoms with Crippen molar-refractivity contribution < 1.29 is 9.84 Å². The van der Waals surface area contributed by atoms with Crippen LogP contribution in [-0.2, 0) is 6.42 Å². The Morgan fingerprint density at radius 2 is 2.11 bits per heavy atom. The molecule has 1 aromatic heterocycles. The first-order valence-corrected chi connectivity index (χ1v) is 6.95. The molecule has 19 heavy (non-hydrogen) atoms. The third-order valence-corrected chi connectivity index (χ3v) is 4.57. The topological polar surface area (TPSA) is 55.2 Å². The zero-order valence-corrected chi connectivity index (χ0v) is 11.3. The third-order valence-electron chi connectivity index (χ3n) is 3.19. The Morgan fingerprint density at radius 1 is 1.32 bits per heavy atom. The highest BCUT2D eigenvalue weighted by molar-refractivity contribution is 8.00. The first-order chi connectivity index (χ1) is 9.29. The summed E-state index contributed by atoms with van der Waals surface area (Å²) in [5.74, 6) is 0.395. The molecule has 2 heterocycles. The van der Waals surface area contributed by atoms with Crippen LogP contribution in [-0.4, -0.2) is 27.4 Å². The number of methoxy groups -OCH3 is 1. The first-order valence-electron chi connectivity index (χ1n) is 6.07. The lowest BCUT2D eigenvalue weighted by Crippen LogP contribution is -2.17. The van der Waals surface area contributed by atoms with Gasteiger partial charge in [-0.15, -0.1) is 11.8 Å². The number of aromatic nitrogens is 2. The molecule has 1 N–H and O–H groups in total. The minimum Gasteiger partial charge on any atom is -0.480 e. The standard InChI is InChI=1S/C14H14N2O2S/c1-18-14-12(15-6-7-16-14)13(17)11-8-9-4-2-3-5-10(9)19-11/h2-7,11,13,17H,8H2,1H3. The summed E-state index contributed by atoms with van der Waals surface area (Å²) in [5, 5.41) is 10.6. The van der Waals surface area contributed by atoms with E-state index >= 15 is 0 Å². The van der Waals surface area contributed by atoms with Gasteiger partial charge in [0.2, 0.25) is 5.88 Å². The molecule has 1 aromatic carbocycles. The molecule has 3 rings (SSSR count). The second kappa shape index (κ2) is 5.19. The van der Waals surface area contributed by atoms with E-state index in [0.29, 0.717) is 11.6 Å². The molecule has 0 bridgehead atoms. The summed E-state index contributed by atoms with van der Waals surface area (Å²) in [6.45, 7) is 0. The minimum absolute atomic E-state index is 0.0583. The smallest absolute Gasteiger partial charge is 0.238 e. The third kappa shape index (κ3) is 2.31. The molecule has 2 unspecified atom stereocenters. The summed E-state index contributed by atoms with van der Waals surface area (Å²) >= 11 is 1.68. The molecule has 1 aliphatic rings. The number of hydrogen-bond acceptors (Lipinski definition) is 5. The Bertz CT molecular complexity index is 566. The van der Waals surface area contributed by atoms with Gasteiger partial charge in [0, 0.05) is 22.5 Å². The Hall–Kier alpha value is -1.59. The fourth-order valence-corrected chi connectivity index (χ4v) is 3.56. The number of thioether (sulfide) groups is 1. The number of rotatable bonds is 3. The number of aliphatic hydroxyl groups excluding tert-OH is 1. The van der Waals surface area contributed by atoms with Gasteiger partial charge >= 0.3 is 0 Å². The normalized spacial score (nSPS) is 18.9. The lowest BCUT2D eigenvalue weighted by Gasteiger charge is -2.17. The molecule has 0 spiro atoms. The molecule has 0 radical (unpaired) electrons. The van der Waals surface area contributed by atoms with E-state index in [1.54, 1.807) is 24.2 Å². The predicted molar refractivity (Wildman–Crippen MR) is 73.3 cm³/mol.